The summed E-state index contributed by atoms with van der Waals surface area (Å²) in [7, 11) is 3.17. The topological polar surface area (TPSA) is 75.4 Å². The summed E-state index contributed by atoms with van der Waals surface area (Å²) in [6.07, 6.45) is -2.14. The minimum absolute atomic E-state index is 0.0500. The number of aromatic hydroxyl groups is 1. The van der Waals surface area contributed by atoms with Crippen LogP contribution in [0, 0.1) is 0 Å². The number of benzene rings is 1. The van der Waals surface area contributed by atoms with Crippen LogP contribution in [0.5, 0.6) is 5.75 Å². The second-order valence-corrected chi connectivity index (χ2v) is 5.57. The Hall–Kier alpha value is -2.84. The first-order chi connectivity index (χ1) is 11.6. The van der Waals surface area contributed by atoms with Crippen LogP contribution in [0.4, 0.5) is 13.2 Å². The Morgan fingerprint density at radius 1 is 1.28 bits per heavy atom. The van der Waals surface area contributed by atoms with Gasteiger partial charge in [-0.1, -0.05) is 0 Å². The lowest BCUT2D eigenvalue weighted by atomic mass is 10.0. The fourth-order valence-corrected chi connectivity index (χ4v) is 2.17. The maximum atomic E-state index is 12.7. The number of nitrogens with zero attached hydrogens (tertiary/aromatic N) is 3. The summed E-state index contributed by atoms with van der Waals surface area (Å²) in [5.74, 6) is -0.856. The average molecular weight is 355 g/mol. The van der Waals surface area contributed by atoms with Crippen LogP contribution in [-0.4, -0.2) is 39.6 Å². The molecular weight excluding hydrogens is 339 g/mol. The molecule has 25 heavy (non-hydrogen) atoms. The summed E-state index contributed by atoms with van der Waals surface area (Å²) < 4.78 is 39.2. The lowest BCUT2D eigenvalue weighted by molar-refractivity contribution is -0.137. The molecule has 2 aromatic rings. The highest BCUT2D eigenvalue weighted by atomic mass is 19.4. The third-order valence-corrected chi connectivity index (χ3v) is 3.58. The Morgan fingerprint density at radius 2 is 1.96 bits per heavy atom. The van der Waals surface area contributed by atoms with Crippen LogP contribution in [0.1, 0.15) is 12.0 Å². The van der Waals surface area contributed by atoms with Crippen molar-refractivity contribution in [3.05, 3.63) is 46.6 Å². The second kappa shape index (κ2) is 6.96. The van der Waals surface area contributed by atoms with Crippen LogP contribution < -0.4 is 5.56 Å². The number of amides is 1. The van der Waals surface area contributed by atoms with Crippen molar-refractivity contribution in [1.29, 1.82) is 0 Å². The SMILES string of the molecule is CN(C)C(=O)CCn1cncc(-c2ccc(C(F)(F)F)cc2O)c1=O. The predicted octanol–water partition coefficient (Wildman–Crippen LogP) is 2.11. The number of carbonyl (C=O) groups excluding carboxylic acids is 1. The molecule has 0 aliphatic rings. The molecular formula is C16H16F3N3O3. The van der Waals surface area contributed by atoms with Gasteiger partial charge in [-0.2, -0.15) is 13.2 Å². The molecule has 0 radical (unpaired) electrons. The molecule has 0 unspecified atom stereocenters. The van der Waals surface area contributed by atoms with Crippen LogP contribution >= 0.6 is 0 Å². The van der Waals surface area contributed by atoms with Gasteiger partial charge in [-0.15, -0.1) is 0 Å². The molecule has 1 amide bonds. The van der Waals surface area contributed by atoms with E-state index in [1.165, 1.54) is 15.8 Å². The van der Waals surface area contributed by atoms with Gasteiger partial charge < -0.3 is 10.0 Å². The average Bonchev–Trinajstić information content (AvgIpc) is 2.53. The monoisotopic (exact) mass is 355 g/mol. The third kappa shape index (κ3) is 4.17. The highest BCUT2D eigenvalue weighted by Crippen LogP contribution is 2.35. The number of rotatable bonds is 4. The third-order valence-electron chi connectivity index (χ3n) is 3.58. The smallest absolute Gasteiger partial charge is 0.416 e. The molecule has 1 N–H and O–H groups in total. The minimum atomic E-state index is -4.60. The van der Waals surface area contributed by atoms with Gasteiger partial charge in [-0.25, -0.2) is 4.98 Å². The molecule has 0 spiro atoms. The van der Waals surface area contributed by atoms with Crippen molar-refractivity contribution < 1.29 is 23.1 Å². The van der Waals surface area contributed by atoms with E-state index in [1.54, 1.807) is 14.1 Å². The highest BCUT2D eigenvalue weighted by molar-refractivity contribution is 5.75. The number of phenols is 1. The maximum Gasteiger partial charge on any atom is 0.416 e. The molecule has 0 bridgehead atoms. The van der Waals surface area contributed by atoms with Crippen LogP contribution in [0.3, 0.4) is 0 Å². The van der Waals surface area contributed by atoms with E-state index in [0.717, 1.165) is 18.3 Å². The first kappa shape index (κ1) is 18.5. The fraction of sp³-hybridized carbons (Fsp3) is 0.312. The molecule has 0 aliphatic carbocycles. The van der Waals surface area contributed by atoms with E-state index >= 15 is 0 Å². The zero-order chi connectivity index (χ0) is 18.8. The van der Waals surface area contributed by atoms with Crippen molar-refractivity contribution in [2.45, 2.75) is 19.1 Å². The van der Waals surface area contributed by atoms with E-state index in [9.17, 15) is 27.9 Å². The number of phenolic OH excluding ortho intramolecular Hbond substituents is 1. The van der Waals surface area contributed by atoms with Crippen molar-refractivity contribution in [3.8, 4) is 16.9 Å². The van der Waals surface area contributed by atoms with Gasteiger partial charge in [0.05, 0.1) is 17.5 Å². The van der Waals surface area contributed by atoms with E-state index in [1.807, 2.05) is 0 Å². The molecule has 1 aromatic carbocycles. The summed E-state index contributed by atoms with van der Waals surface area (Å²) >= 11 is 0. The number of aryl methyl sites for hydroxylation is 1. The number of halogens is 3. The molecule has 2 rings (SSSR count). The summed E-state index contributed by atoms with van der Waals surface area (Å²) in [6, 6.07) is 2.36. The molecule has 1 aromatic heterocycles. The fourth-order valence-electron chi connectivity index (χ4n) is 2.17. The Balaban J connectivity index is 2.36. The lowest BCUT2D eigenvalue weighted by Gasteiger charge is -2.12. The largest absolute Gasteiger partial charge is 0.507 e. The van der Waals surface area contributed by atoms with Gasteiger partial charge in [-0.05, 0) is 18.2 Å². The molecule has 134 valence electrons. The molecule has 6 nitrogen and oxygen atoms in total. The van der Waals surface area contributed by atoms with Crippen molar-refractivity contribution in [1.82, 2.24) is 14.5 Å². The van der Waals surface area contributed by atoms with Crippen molar-refractivity contribution in [2.75, 3.05) is 14.1 Å². The molecule has 9 heteroatoms. The second-order valence-electron chi connectivity index (χ2n) is 5.57. The molecule has 0 atom stereocenters. The molecule has 0 saturated heterocycles. The number of aromatic nitrogens is 2. The van der Waals surface area contributed by atoms with Gasteiger partial charge >= 0.3 is 6.18 Å². The van der Waals surface area contributed by atoms with Crippen LogP contribution in [0.25, 0.3) is 11.1 Å². The van der Waals surface area contributed by atoms with E-state index < -0.39 is 23.0 Å². The van der Waals surface area contributed by atoms with Crippen LogP contribution in [0.15, 0.2) is 35.5 Å². The molecule has 1 heterocycles. The van der Waals surface area contributed by atoms with E-state index in [4.69, 9.17) is 0 Å². The van der Waals surface area contributed by atoms with Gasteiger partial charge in [0.2, 0.25) is 5.91 Å². The summed E-state index contributed by atoms with van der Waals surface area (Å²) in [5, 5.41) is 9.88. The number of alkyl halides is 3. The summed E-state index contributed by atoms with van der Waals surface area (Å²) in [6.45, 7) is 0.0675. The molecule has 0 aliphatic heterocycles. The summed E-state index contributed by atoms with van der Waals surface area (Å²) in [4.78, 5) is 29.3. The maximum absolute atomic E-state index is 12.7. The van der Waals surface area contributed by atoms with Gasteiger partial charge in [0.15, 0.2) is 0 Å². The Kier molecular flexibility index (Phi) is 5.15. The first-order valence-corrected chi connectivity index (χ1v) is 7.26. The Labute approximate surface area is 141 Å². The number of hydrogen-bond donors (Lipinski definition) is 1. The standard InChI is InChI=1S/C16H16F3N3O3/c1-21(2)14(24)5-6-22-9-20-8-12(15(22)25)11-4-3-10(7-13(11)23)16(17,18)19/h3-4,7-9,23H,5-6H2,1-2H3. The van der Waals surface area contributed by atoms with Gasteiger partial charge in [0.25, 0.3) is 5.56 Å². The zero-order valence-corrected chi connectivity index (χ0v) is 13.5. The first-order valence-electron chi connectivity index (χ1n) is 7.26. The molecule has 0 fully saturated rings. The quantitative estimate of drug-likeness (QED) is 0.912. The van der Waals surface area contributed by atoms with Crippen molar-refractivity contribution in [3.63, 3.8) is 0 Å². The van der Waals surface area contributed by atoms with E-state index in [2.05, 4.69) is 4.98 Å². The Morgan fingerprint density at radius 3 is 2.52 bits per heavy atom. The van der Waals surface area contributed by atoms with Gasteiger partial charge in [0.1, 0.15) is 5.75 Å². The molecule has 0 saturated carbocycles. The Bertz CT molecular complexity index is 844. The van der Waals surface area contributed by atoms with E-state index in [0.29, 0.717) is 6.07 Å². The number of carbonyl (C=O) groups is 1. The summed E-state index contributed by atoms with van der Waals surface area (Å²) in [5.41, 5.74) is -1.68. The van der Waals surface area contributed by atoms with Crippen molar-refractivity contribution in [2.24, 2.45) is 0 Å². The van der Waals surface area contributed by atoms with Gasteiger partial charge in [0, 0.05) is 38.8 Å². The van der Waals surface area contributed by atoms with Crippen LogP contribution in [-0.2, 0) is 17.5 Å². The number of hydrogen-bond acceptors (Lipinski definition) is 4. The van der Waals surface area contributed by atoms with Gasteiger partial charge in [-0.3, -0.25) is 14.2 Å². The minimum Gasteiger partial charge on any atom is -0.507 e. The lowest BCUT2D eigenvalue weighted by Crippen LogP contribution is -2.27. The van der Waals surface area contributed by atoms with Crippen LogP contribution in [0.2, 0.25) is 0 Å². The normalized spacial score (nSPS) is 11.4. The predicted molar refractivity (Wildman–Crippen MR) is 83.9 cm³/mol. The van der Waals surface area contributed by atoms with Crippen molar-refractivity contribution >= 4 is 5.91 Å². The van der Waals surface area contributed by atoms with E-state index in [-0.39, 0.29) is 30.0 Å². The highest BCUT2D eigenvalue weighted by Gasteiger charge is 2.31. The zero-order valence-electron chi connectivity index (χ0n) is 13.5.